The molecular formula is C12H17ClN2O. The smallest absolute Gasteiger partial charge is 0.0762 e. The van der Waals surface area contributed by atoms with Gasteiger partial charge in [-0.2, -0.15) is 0 Å². The highest BCUT2D eigenvalue weighted by Crippen LogP contribution is 2.32. The third kappa shape index (κ3) is 2.17. The van der Waals surface area contributed by atoms with Gasteiger partial charge >= 0.3 is 0 Å². The molecule has 1 fully saturated rings. The number of halogens is 1. The van der Waals surface area contributed by atoms with E-state index in [1.807, 2.05) is 18.2 Å². The van der Waals surface area contributed by atoms with E-state index >= 15 is 0 Å². The summed E-state index contributed by atoms with van der Waals surface area (Å²) < 4.78 is 5.36. The van der Waals surface area contributed by atoms with Crippen molar-refractivity contribution >= 4 is 17.3 Å². The van der Waals surface area contributed by atoms with E-state index in [9.17, 15) is 0 Å². The number of anilines is 1. The fraction of sp³-hybridized carbons (Fsp3) is 0.500. The Morgan fingerprint density at radius 1 is 1.56 bits per heavy atom. The van der Waals surface area contributed by atoms with Crippen LogP contribution < -0.4 is 10.6 Å². The van der Waals surface area contributed by atoms with Gasteiger partial charge in [-0.15, -0.1) is 0 Å². The summed E-state index contributed by atoms with van der Waals surface area (Å²) in [5, 5.41) is 0.778. The predicted molar refractivity (Wildman–Crippen MR) is 67.0 cm³/mol. The van der Waals surface area contributed by atoms with E-state index in [2.05, 4.69) is 4.90 Å². The van der Waals surface area contributed by atoms with Gasteiger partial charge in [-0.1, -0.05) is 23.7 Å². The number of ether oxygens (including phenoxy) is 1. The van der Waals surface area contributed by atoms with Crippen molar-refractivity contribution in [2.75, 3.05) is 25.1 Å². The lowest BCUT2D eigenvalue weighted by Gasteiger charge is -2.22. The number of methoxy groups -OCH3 is 1. The van der Waals surface area contributed by atoms with Crippen molar-refractivity contribution < 1.29 is 4.74 Å². The number of rotatable bonds is 3. The van der Waals surface area contributed by atoms with Crippen molar-refractivity contribution in [3.8, 4) is 0 Å². The molecule has 1 aromatic rings. The van der Waals surface area contributed by atoms with E-state index in [0.29, 0.717) is 12.6 Å². The zero-order valence-electron chi connectivity index (χ0n) is 9.45. The van der Waals surface area contributed by atoms with Gasteiger partial charge in [-0.05, 0) is 18.1 Å². The monoisotopic (exact) mass is 240 g/mol. The molecule has 1 heterocycles. The fourth-order valence-electron chi connectivity index (χ4n) is 2.20. The van der Waals surface area contributed by atoms with Crippen LogP contribution >= 0.6 is 11.6 Å². The topological polar surface area (TPSA) is 38.5 Å². The normalized spacial score (nSPS) is 20.4. The van der Waals surface area contributed by atoms with Gasteiger partial charge in [0.25, 0.3) is 0 Å². The Morgan fingerprint density at radius 3 is 3.00 bits per heavy atom. The zero-order chi connectivity index (χ0) is 11.5. The van der Waals surface area contributed by atoms with E-state index in [-0.39, 0.29) is 0 Å². The molecule has 0 amide bonds. The Hall–Kier alpha value is -0.770. The fourth-order valence-corrected chi connectivity index (χ4v) is 2.52. The van der Waals surface area contributed by atoms with E-state index in [4.69, 9.17) is 22.1 Å². The molecule has 1 aliphatic rings. The highest BCUT2D eigenvalue weighted by Gasteiger charge is 2.25. The molecule has 2 N–H and O–H groups in total. The van der Waals surface area contributed by atoms with E-state index in [0.717, 1.165) is 35.8 Å². The molecule has 1 aromatic carbocycles. The van der Waals surface area contributed by atoms with Gasteiger partial charge in [0.1, 0.15) is 0 Å². The molecule has 0 radical (unpaired) electrons. The first kappa shape index (κ1) is 11.7. The Labute approximate surface area is 101 Å². The van der Waals surface area contributed by atoms with Crippen molar-refractivity contribution in [3.05, 3.63) is 28.8 Å². The van der Waals surface area contributed by atoms with Crippen LogP contribution in [0, 0.1) is 0 Å². The van der Waals surface area contributed by atoms with Gasteiger partial charge in [-0.25, -0.2) is 0 Å². The van der Waals surface area contributed by atoms with E-state index in [1.165, 1.54) is 0 Å². The van der Waals surface area contributed by atoms with Gasteiger partial charge in [0.05, 0.1) is 16.8 Å². The maximum Gasteiger partial charge on any atom is 0.0762 e. The SMILES string of the molecule is COC1CCN(c2c(Cl)cccc2CN)C1. The highest BCUT2D eigenvalue weighted by atomic mass is 35.5. The summed E-state index contributed by atoms with van der Waals surface area (Å²) in [5.74, 6) is 0. The van der Waals surface area contributed by atoms with Crippen molar-refractivity contribution in [3.63, 3.8) is 0 Å². The van der Waals surface area contributed by atoms with Crippen LogP contribution in [-0.4, -0.2) is 26.3 Å². The summed E-state index contributed by atoms with van der Waals surface area (Å²) in [6, 6.07) is 5.88. The zero-order valence-corrected chi connectivity index (χ0v) is 10.2. The molecule has 88 valence electrons. The van der Waals surface area contributed by atoms with Gasteiger partial charge in [0.2, 0.25) is 0 Å². The Morgan fingerprint density at radius 2 is 2.38 bits per heavy atom. The molecule has 0 aliphatic carbocycles. The summed E-state index contributed by atoms with van der Waals surface area (Å²) in [5.41, 5.74) is 7.91. The van der Waals surface area contributed by atoms with Crippen LogP contribution in [0.1, 0.15) is 12.0 Å². The molecule has 2 rings (SSSR count). The maximum atomic E-state index is 6.24. The molecule has 0 saturated carbocycles. The molecule has 16 heavy (non-hydrogen) atoms. The van der Waals surface area contributed by atoms with E-state index < -0.39 is 0 Å². The van der Waals surface area contributed by atoms with Crippen molar-refractivity contribution in [1.82, 2.24) is 0 Å². The number of nitrogens with zero attached hydrogens (tertiary/aromatic N) is 1. The second-order valence-corrected chi connectivity index (χ2v) is 4.45. The average molecular weight is 241 g/mol. The Kier molecular flexibility index (Phi) is 3.69. The molecule has 4 heteroatoms. The third-order valence-electron chi connectivity index (χ3n) is 3.08. The standard InChI is InChI=1S/C12H17ClN2O/c1-16-10-5-6-15(8-10)12-9(7-14)3-2-4-11(12)13/h2-4,10H,5-8,14H2,1H3. The number of hydrogen-bond acceptors (Lipinski definition) is 3. The van der Waals surface area contributed by atoms with Crippen LogP contribution in [0.25, 0.3) is 0 Å². The molecule has 1 saturated heterocycles. The first-order valence-corrected chi connectivity index (χ1v) is 5.89. The number of para-hydroxylation sites is 1. The lowest BCUT2D eigenvalue weighted by Crippen LogP contribution is -2.24. The first-order valence-electron chi connectivity index (χ1n) is 5.51. The summed E-state index contributed by atoms with van der Waals surface area (Å²) in [6.45, 7) is 2.40. The van der Waals surface area contributed by atoms with Gasteiger partial charge in [-0.3, -0.25) is 0 Å². The van der Waals surface area contributed by atoms with Gasteiger partial charge < -0.3 is 15.4 Å². The lowest BCUT2D eigenvalue weighted by molar-refractivity contribution is 0.121. The van der Waals surface area contributed by atoms with E-state index in [1.54, 1.807) is 7.11 Å². The maximum absolute atomic E-state index is 6.24. The minimum absolute atomic E-state index is 0.307. The number of hydrogen-bond donors (Lipinski definition) is 1. The van der Waals surface area contributed by atoms with Crippen molar-refractivity contribution in [2.45, 2.75) is 19.1 Å². The van der Waals surface area contributed by atoms with Crippen molar-refractivity contribution in [1.29, 1.82) is 0 Å². The van der Waals surface area contributed by atoms with Crippen LogP contribution in [0.2, 0.25) is 5.02 Å². The summed E-state index contributed by atoms with van der Waals surface area (Å²) in [6.07, 6.45) is 1.35. The number of nitrogens with two attached hydrogens (primary N) is 1. The lowest BCUT2D eigenvalue weighted by atomic mass is 10.1. The third-order valence-corrected chi connectivity index (χ3v) is 3.39. The molecule has 1 unspecified atom stereocenters. The molecule has 0 spiro atoms. The molecule has 0 aromatic heterocycles. The quantitative estimate of drug-likeness (QED) is 0.879. The highest BCUT2D eigenvalue weighted by molar-refractivity contribution is 6.33. The van der Waals surface area contributed by atoms with Gasteiger partial charge in [0.15, 0.2) is 0 Å². The van der Waals surface area contributed by atoms with Crippen LogP contribution in [0.4, 0.5) is 5.69 Å². The first-order chi connectivity index (χ1) is 7.76. The number of benzene rings is 1. The van der Waals surface area contributed by atoms with Gasteiger partial charge in [0, 0.05) is 26.7 Å². The predicted octanol–water partition coefficient (Wildman–Crippen LogP) is 2.02. The van der Waals surface area contributed by atoms with Crippen LogP contribution in [-0.2, 0) is 11.3 Å². The second kappa shape index (κ2) is 5.04. The minimum Gasteiger partial charge on any atom is -0.380 e. The summed E-state index contributed by atoms with van der Waals surface area (Å²) in [7, 11) is 1.75. The van der Waals surface area contributed by atoms with Crippen LogP contribution in [0.5, 0.6) is 0 Å². The molecule has 1 atom stereocenters. The van der Waals surface area contributed by atoms with Crippen LogP contribution in [0.15, 0.2) is 18.2 Å². The summed E-state index contributed by atoms with van der Waals surface area (Å²) in [4.78, 5) is 2.26. The average Bonchev–Trinajstić information content (AvgIpc) is 2.76. The second-order valence-electron chi connectivity index (χ2n) is 4.04. The Balaban J connectivity index is 2.26. The van der Waals surface area contributed by atoms with Crippen molar-refractivity contribution in [2.24, 2.45) is 5.73 Å². The summed E-state index contributed by atoms with van der Waals surface area (Å²) >= 11 is 6.24. The molecular weight excluding hydrogens is 224 g/mol. The molecule has 3 nitrogen and oxygen atoms in total. The molecule has 1 aliphatic heterocycles. The molecule has 0 bridgehead atoms. The minimum atomic E-state index is 0.307. The largest absolute Gasteiger partial charge is 0.380 e. The Bertz CT molecular complexity index is 370. The van der Waals surface area contributed by atoms with Crippen LogP contribution in [0.3, 0.4) is 0 Å².